The number of fused-ring (bicyclic) bond motifs is 2. The van der Waals surface area contributed by atoms with Gasteiger partial charge in [0, 0.05) is 19.1 Å². The Balaban J connectivity index is 1.83. The first-order valence-corrected chi connectivity index (χ1v) is 5.87. The fraction of sp³-hybridized carbons (Fsp3) is 0.417. The fourth-order valence-electron chi connectivity index (χ4n) is 2.98. The lowest BCUT2D eigenvalue weighted by molar-refractivity contribution is 0.137. The number of halogens is 1. The Labute approximate surface area is 104 Å². The van der Waals surface area contributed by atoms with E-state index in [1.54, 1.807) is 6.07 Å². The van der Waals surface area contributed by atoms with Crippen LogP contribution in [0.15, 0.2) is 18.2 Å². The van der Waals surface area contributed by atoms with E-state index >= 15 is 0 Å². The summed E-state index contributed by atoms with van der Waals surface area (Å²) < 4.78 is 13.0. The third-order valence-corrected chi connectivity index (χ3v) is 3.79. The second-order valence-electron chi connectivity index (χ2n) is 4.83. The quantitative estimate of drug-likeness (QED) is 0.739. The van der Waals surface area contributed by atoms with E-state index in [1.165, 1.54) is 17.0 Å². The highest BCUT2D eigenvalue weighted by molar-refractivity contribution is 5.71. The van der Waals surface area contributed by atoms with E-state index < -0.39 is 6.09 Å². The third-order valence-electron chi connectivity index (χ3n) is 3.79. The molecule has 0 aliphatic carbocycles. The zero-order chi connectivity index (χ0) is 12.9. The van der Waals surface area contributed by atoms with Crippen LogP contribution in [0.3, 0.4) is 0 Å². The first-order valence-electron chi connectivity index (χ1n) is 5.87. The molecule has 2 saturated heterocycles. The van der Waals surface area contributed by atoms with Crippen LogP contribution < -0.4 is 10.6 Å². The number of nitrogen functional groups attached to an aromatic ring is 1. The molecule has 2 aliphatic heterocycles. The molecule has 2 atom stereocenters. The van der Waals surface area contributed by atoms with Crippen molar-refractivity contribution < 1.29 is 14.3 Å². The van der Waals surface area contributed by atoms with Crippen LogP contribution in [0.1, 0.15) is 6.42 Å². The highest BCUT2D eigenvalue weighted by Crippen LogP contribution is 2.37. The Bertz CT molecular complexity index is 508. The zero-order valence-corrected chi connectivity index (χ0v) is 9.71. The minimum atomic E-state index is -0.866. The van der Waals surface area contributed by atoms with Crippen molar-refractivity contribution >= 4 is 17.5 Å². The number of likely N-dealkylation sites (tertiary alicyclic amines) is 1. The normalized spacial score (nSPS) is 25.8. The van der Waals surface area contributed by atoms with Crippen LogP contribution in [-0.4, -0.2) is 41.3 Å². The molecule has 5 nitrogen and oxygen atoms in total. The van der Waals surface area contributed by atoms with Crippen molar-refractivity contribution in [3.63, 3.8) is 0 Å². The smallest absolute Gasteiger partial charge is 0.407 e. The average molecular weight is 251 g/mol. The van der Waals surface area contributed by atoms with Crippen LogP contribution in [0.2, 0.25) is 0 Å². The van der Waals surface area contributed by atoms with Crippen molar-refractivity contribution in [2.75, 3.05) is 23.7 Å². The lowest BCUT2D eigenvalue weighted by Crippen LogP contribution is -2.48. The van der Waals surface area contributed by atoms with Crippen LogP contribution >= 0.6 is 0 Å². The van der Waals surface area contributed by atoms with Crippen LogP contribution in [0, 0.1) is 5.82 Å². The molecule has 1 aromatic carbocycles. The first-order chi connectivity index (χ1) is 8.56. The summed E-state index contributed by atoms with van der Waals surface area (Å²) in [4.78, 5) is 14.5. The molecule has 6 heteroatoms. The number of piperazine rings is 1. The summed E-state index contributed by atoms with van der Waals surface area (Å²) in [7, 11) is 0. The van der Waals surface area contributed by atoms with E-state index in [0.29, 0.717) is 18.8 Å². The number of benzene rings is 1. The molecule has 2 fully saturated rings. The monoisotopic (exact) mass is 251 g/mol. The number of nitrogens with zero attached hydrogens (tertiary/aromatic N) is 2. The van der Waals surface area contributed by atoms with Crippen molar-refractivity contribution in [1.29, 1.82) is 0 Å². The first kappa shape index (κ1) is 11.1. The van der Waals surface area contributed by atoms with Crippen LogP contribution in [-0.2, 0) is 0 Å². The topological polar surface area (TPSA) is 69.8 Å². The number of nitrogens with two attached hydrogens (primary N) is 1. The molecule has 2 heterocycles. The summed E-state index contributed by atoms with van der Waals surface area (Å²) in [6.07, 6.45) is -0.0439. The predicted molar refractivity (Wildman–Crippen MR) is 65.1 cm³/mol. The molecule has 1 amide bonds. The molecule has 0 radical (unpaired) electrons. The Kier molecular flexibility index (Phi) is 2.33. The van der Waals surface area contributed by atoms with Gasteiger partial charge in [0.05, 0.1) is 17.4 Å². The van der Waals surface area contributed by atoms with Crippen molar-refractivity contribution in [2.45, 2.75) is 18.5 Å². The summed E-state index contributed by atoms with van der Waals surface area (Å²) in [6.45, 7) is 1.13. The number of hydrogen-bond acceptors (Lipinski definition) is 3. The van der Waals surface area contributed by atoms with Gasteiger partial charge in [0.1, 0.15) is 5.82 Å². The maximum Gasteiger partial charge on any atom is 0.407 e. The molecule has 2 aliphatic rings. The second-order valence-corrected chi connectivity index (χ2v) is 4.83. The predicted octanol–water partition coefficient (Wildman–Crippen LogP) is 1.35. The molecule has 3 rings (SSSR count). The van der Waals surface area contributed by atoms with Gasteiger partial charge < -0.3 is 20.6 Å². The molecular formula is C12H14FN3O2. The van der Waals surface area contributed by atoms with Gasteiger partial charge >= 0.3 is 6.09 Å². The highest BCUT2D eigenvalue weighted by atomic mass is 19.1. The largest absolute Gasteiger partial charge is 0.465 e. The standard InChI is InChI=1S/C12H14FN3O2/c13-7-1-2-11(10(14)3-7)15-5-9-4-8(15)6-16(9)12(17)18/h1-3,8-9H,4-6,14H2,(H,17,18)/t8-,9-/m1/s1. The van der Waals surface area contributed by atoms with Gasteiger partial charge in [-0.3, -0.25) is 0 Å². The van der Waals surface area contributed by atoms with E-state index in [4.69, 9.17) is 10.8 Å². The van der Waals surface area contributed by atoms with Crippen LogP contribution in [0.5, 0.6) is 0 Å². The number of amides is 1. The molecule has 1 aromatic rings. The van der Waals surface area contributed by atoms with Crippen LogP contribution in [0.4, 0.5) is 20.6 Å². The lowest BCUT2D eigenvalue weighted by Gasteiger charge is -2.34. The maximum atomic E-state index is 13.0. The fourth-order valence-corrected chi connectivity index (χ4v) is 2.98. The summed E-state index contributed by atoms with van der Waals surface area (Å²) in [6, 6.07) is 4.52. The van der Waals surface area contributed by atoms with Crippen molar-refractivity contribution in [3.8, 4) is 0 Å². The van der Waals surface area contributed by atoms with Gasteiger partial charge in [0.15, 0.2) is 0 Å². The van der Waals surface area contributed by atoms with E-state index in [1.807, 2.05) is 0 Å². The molecule has 2 bridgehead atoms. The Morgan fingerprint density at radius 3 is 2.72 bits per heavy atom. The number of anilines is 2. The Hall–Kier alpha value is -1.98. The Morgan fingerprint density at radius 2 is 2.17 bits per heavy atom. The summed E-state index contributed by atoms with van der Waals surface area (Å²) in [5.74, 6) is -0.354. The third kappa shape index (κ3) is 1.56. The minimum Gasteiger partial charge on any atom is -0.465 e. The van der Waals surface area contributed by atoms with Gasteiger partial charge in [-0.15, -0.1) is 0 Å². The molecule has 0 spiro atoms. The van der Waals surface area contributed by atoms with Crippen molar-refractivity contribution in [2.24, 2.45) is 0 Å². The van der Waals surface area contributed by atoms with E-state index in [0.717, 1.165) is 12.1 Å². The van der Waals surface area contributed by atoms with Gasteiger partial charge in [0.2, 0.25) is 0 Å². The lowest BCUT2D eigenvalue weighted by atomic mass is 10.2. The molecule has 0 saturated carbocycles. The van der Waals surface area contributed by atoms with Gasteiger partial charge in [0.25, 0.3) is 0 Å². The molecule has 0 unspecified atom stereocenters. The van der Waals surface area contributed by atoms with Crippen molar-refractivity contribution in [3.05, 3.63) is 24.0 Å². The minimum absolute atomic E-state index is 0.0250. The SMILES string of the molecule is Nc1cc(F)ccc1N1C[C@H]2C[C@@H]1CN2C(=O)O. The zero-order valence-electron chi connectivity index (χ0n) is 9.71. The summed E-state index contributed by atoms with van der Waals surface area (Å²) in [5.41, 5.74) is 7.02. The van der Waals surface area contributed by atoms with E-state index in [2.05, 4.69) is 4.90 Å². The maximum absolute atomic E-state index is 13.0. The number of carbonyl (C=O) groups is 1. The van der Waals surface area contributed by atoms with Gasteiger partial charge in [-0.2, -0.15) is 0 Å². The van der Waals surface area contributed by atoms with Gasteiger partial charge in [-0.05, 0) is 24.6 Å². The highest BCUT2D eigenvalue weighted by Gasteiger charge is 2.45. The number of carboxylic acid groups (broad SMARTS) is 1. The van der Waals surface area contributed by atoms with Gasteiger partial charge in [-0.1, -0.05) is 0 Å². The van der Waals surface area contributed by atoms with E-state index in [9.17, 15) is 9.18 Å². The van der Waals surface area contributed by atoms with Crippen LogP contribution in [0.25, 0.3) is 0 Å². The second kappa shape index (κ2) is 3.76. The molecule has 96 valence electrons. The summed E-state index contributed by atoms with van der Waals surface area (Å²) >= 11 is 0. The molecule has 0 aromatic heterocycles. The van der Waals surface area contributed by atoms with Gasteiger partial charge in [-0.25, -0.2) is 9.18 Å². The molecule has 18 heavy (non-hydrogen) atoms. The van der Waals surface area contributed by atoms with E-state index in [-0.39, 0.29) is 17.9 Å². The summed E-state index contributed by atoms with van der Waals surface area (Å²) in [5, 5.41) is 9.02. The molecular weight excluding hydrogens is 237 g/mol. The number of rotatable bonds is 1. The van der Waals surface area contributed by atoms with Crippen molar-refractivity contribution in [1.82, 2.24) is 4.90 Å². The average Bonchev–Trinajstić information content (AvgIpc) is 2.88. The molecule has 3 N–H and O–H groups in total. The Morgan fingerprint density at radius 1 is 1.39 bits per heavy atom. The number of hydrogen-bond donors (Lipinski definition) is 2.